The van der Waals surface area contributed by atoms with Crippen LogP contribution in [0.15, 0.2) is 0 Å². The van der Waals surface area contributed by atoms with Crippen LogP contribution in [0.2, 0.25) is 0 Å². The first-order chi connectivity index (χ1) is 8.65. The van der Waals surface area contributed by atoms with Crippen LogP contribution >= 0.6 is 0 Å². The smallest absolute Gasteiger partial charge is 0.00411 e. The van der Waals surface area contributed by atoms with E-state index in [0.717, 1.165) is 11.8 Å². The van der Waals surface area contributed by atoms with E-state index in [1.807, 2.05) is 0 Å². The average molecular weight is 270 g/mol. The molecule has 1 N–H and O–H groups in total. The van der Waals surface area contributed by atoms with Gasteiger partial charge in [-0.05, 0) is 43.4 Å². The van der Waals surface area contributed by atoms with Crippen LogP contribution in [0.25, 0.3) is 0 Å². The van der Waals surface area contributed by atoms with Gasteiger partial charge >= 0.3 is 0 Å². The Morgan fingerprint density at radius 1 is 0.895 bits per heavy atom. The molecule has 0 fully saturated rings. The first kappa shape index (κ1) is 19.0. The molecule has 0 amide bonds. The van der Waals surface area contributed by atoms with Crippen molar-refractivity contribution in [1.82, 2.24) is 5.32 Å². The first-order valence-electron chi connectivity index (χ1n) is 8.41. The molecular weight excluding hydrogens is 230 g/mol. The first-order valence-corrected chi connectivity index (χ1v) is 8.41. The zero-order valence-corrected chi connectivity index (χ0v) is 14.8. The molecule has 0 rings (SSSR count). The normalized spacial score (nSPS) is 17.5. The molecule has 1 heteroatoms. The lowest BCUT2D eigenvalue weighted by atomic mass is 9.75. The molecule has 0 aromatic heterocycles. The van der Waals surface area contributed by atoms with E-state index in [4.69, 9.17) is 0 Å². The van der Waals surface area contributed by atoms with Gasteiger partial charge in [0.25, 0.3) is 0 Å². The molecule has 0 aromatic rings. The molecule has 116 valence electrons. The van der Waals surface area contributed by atoms with E-state index < -0.39 is 0 Å². The van der Waals surface area contributed by atoms with Crippen molar-refractivity contribution >= 4 is 0 Å². The second-order valence-corrected chi connectivity index (χ2v) is 8.09. The summed E-state index contributed by atoms with van der Waals surface area (Å²) in [6.07, 6.45) is 6.75. The third kappa shape index (κ3) is 10.4. The van der Waals surface area contributed by atoms with E-state index in [9.17, 15) is 0 Å². The highest BCUT2D eigenvalue weighted by Crippen LogP contribution is 2.34. The molecule has 19 heavy (non-hydrogen) atoms. The number of nitrogens with one attached hydrogen (secondary N) is 1. The zero-order valence-electron chi connectivity index (χ0n) is 14.8. The lowest BCUT2D eigenvalue weighted by Gasteiger charge is -2.31. The van der Waals surface area contributed by atoms with Crippen LogP contribution in [-0.2, 0) is 0 Å². The van der Waals surface area contributed by atoms with Gasteiger partial charge in [0.2, 0.25) is 0 Å². The summed E-state index contributed by atoms with van der Waals surface area (Å²) in [5.74, 6) is 1.76. The Hall–Kier alpha value is -0.0400. The van der Waals surface area contributed by atoms with E-state index in [-0.39, 0.29) is 0 Å². The molecule has 3 atom stereocenters. The molecule has 1 nitrogen and oxygen atoms in total. The summed E-state index contributed by atoms with van der Waals surface area (Å²) in [6.45, 7) is 18.7. The predicted molar refractivity (Wildman–Crippen MR) is 88.6 cm³/mol. The van der Waals surface area contributed by atoms with E-state index in [2.05, 4.69) is 60.7 Å². The van der Waals surface area contributed by atoms with Gasteiger partial charge in [0.1, 0.15) is 0 Å². The molecule has 0 saturated heterocycles. The zero-order chi connectivity index (χ0) is 15.1. The summed E-state index contributed by atoms with van der Waals surface area (Å²) in [7, 11) is 0. The largest absolute Gasteiger partial charge is 0.312 e. The number of rotatable bonds is 9. The van der Waals surface area contributed by atoms with Gasteiger partial charge in [-0.25, -0.2) is 0 Å². The summed E-state index contributed by atoms with van der Waals surface area (Å²) in [5, 5.41) is 3.63. The number of hydrogen-bond acceptors (Lipinski definition) is 1. The predicted octanol–water partition coefficient (Wildman–Crippen LogP) is 5.64. The Morgan fingerprint density at radius 2 is 1.47 bits per heavy atom. The van der Waals surface area contributed by atoms with E-state index in [0.29, 0.717) is 17.5 Å². The fourth-order valence-electron chi connectivity index (χ4n) is 3.18. The van der Waals surface area contributed by atoms with Gasteiger partial charge in [0.05, 0.1) is 0 Å². The second kappa shape index (κ2) is 9.00. The van der Waals surface area contributed by atoms with Crippen LogP contribution in [0.4, 0.5) is 0 Å². The van der Waals surface area contributed by atoms with Crippen molar-refractivity contribution in [1.29, 1.82) is 0 Å². The highest BCUT2D eigenvalue weighted by molar-refractivity contribution is 4.76. The molecule has 0 radical (unpaired) electrons. The summed E-state index contributed by atoms with van der Waals surface area (Å²) < 4.78 is 0. The highest BCUT2D eigenvalue weighted by Gasteiger charge is 2.23. The number of hydrogen-bond donors (Lipinski definition) is 1. The van der Waals surface area contributed by atoms with E-state index in [1.54, 1.807) is 0 Å². The summed E-state index contributed by atoms with van der Waals surface area (Å²) in [4.78, 5) is 0. The van der Waals surface area contributed by atoms with Crippen molar-refractivity contribution in [2.24, 2.45) is 17.3 Å². The van der Waals surface area contributed by atoms with Gasteiger partial charge in [-0.1, -0.05) is 61.3 Å². The van der Waals surface area contributed by atoms with Crippen LogP contribution < -0.4 is 5.32 Å². The van der Waals surface area contributed by atoms with Crippen molar-refractivity contribution in [3.63, 3.8) is 0 Å². The Kier molecular flexibility index (Phi) is 8.98. The van der Waals surface area contributed by atoms with Crippen molar-refractivity contribution in [2.75, 3.05) is 0 Å². The van der Waals surface area contributed by atoms with Crippen molar-refractivity contribution in [2.45, 2.75) is 99.6 Å². The maximum Gasteiger partial charge on any atom is 0.00411 e. The van der Waals surface area contributed by atoms with Gasteiger partial charge in [-0.2, -0.15) is 0 Å². The Bertz CT molecular complexity index is 214. The molecule has 3 unspecified atom stereocenters. The van der Waals surface area contributed by atoms with Gasteiger partial charge < -0.3 is 5.32 Å². The summed E-state index contributed by atoms with van der Waals surface area (Å²) in [6, 6.07) is 1.25. The van der Waals surface area contributed by atoms with Crippen molar-refractivity contribution in [3.05, 3.63) is 0 Å². The van der Waals surface area contributed by atoms with Crippen molar-refractivity contribution < 1.29 is 0 Å². The maximum atomic E-state index is 3.63. The summed E-state index contributed by atoms with van der Waals surface area (Å²) >= 11 is 0. The highest BCUT2D eigenvalue weighted by atomic mass is 14.9. The molecule has 0 spiro atoms. The van der Waals surface area contributed by atoms with E-state index >= 15 is 0 Å². The second-order valence-electron chi connectivity index (χ2n) is 8.09. The summed E-state index contributed by atoms with van der Waals surface area (Å²) in [5.41, 5.74) is 0.460. The molecule has 0 aliphatic heterocycles. The van der Waals surface area contributed by atoms with Gasteiger partial charge in [0, 0.05) is 12.1 Å². The Balaban J connectivity index is 4.33. The van der Waals surface area contributed by atoms with Gasteiger partial charge in [-0.15, -0.1) is 0 Å². The van der Waals surface area contributed by atoms with Crippen LogP contribution in [0.1, 0.15) is 87.5 Å². The average Bonchev–Trinajstić information content (AvgIpc) is 2.21. The Labute approximate surface area is 122 Å². The fourth-order valence-corrected chi connectivity index (χ4v) is 3.18. The molecule has 0 bridgehead atoms. The molecule has 0 aliphatic rings. The third-order valence-corrected chi connectivity index (χ3v) is 4.01. The van der Waals surface area contributed by atoms with Crippen LogP contribution in [0, 0.1) is 17.3 Å². The molecule has 0 saturated carbocycles. The molecular formula is C18H39N. The third-order valence-electron chi connectivity index (χ3n) is 4.01. The maximum absolute atomic E-state index is 3.63. The lowest BCUT2D eigenvalue weighted by Crippen LogP contribution is -2.33. The quantitative estimate of drug-likeness (QED) is 0.571. The monoisotopic (exact) mass is 269 g/mol. The van der Waals surface area contributed by atoms with E-state index in [1.165, 1.54) is 32.1 Å². The fraction of sp³-hybridized carbons (Fsp3) is 1.00. The van der Waals surface area contributed by atoms with Gasteiger partial charge in [0.15, 0.2) is 0 Å². The minimum absolute atomic E-state index is 0.460. The molecule has 0 aromatic carbocycles. The molecule has 0 aliphatic carbocycles. The molecule has 0 heterocycles. The SMILES string of the molecule is CCCC(C)C(CCC(C)NC(C)C)CC(C)(C)C. The topological polar surface area (TPSA) is 12.0 Å². The standard InChI is InChI=1S/C18H39N/c1-9-10-15(4)17(13-18(6,7)8)12-11-16(5)19-14(2)3/h14-17,19H,9-13H2,1-8H3. The van der Waals surface area contributed by atoms with Crippen LogP contribution in [-0.4, -0.2) is 12.1 Å². The van der Waals surface area contributed by atoms with Gasteiger partial charge in [-0.3, -0.25) is 0 Å². The van der Waals surface area contributed by atoms with Crippen LogP contribution in [0.3, 0.4) is 0 Å². The Morgan fingerprint density at radius 3 is 1.89 bits per heavy atom. The van der Waals surface area contributed by atoms with Crippen molar-refractivity contribution in [3.8, 4) is 0 Å². The lowest BCUT2D eigenvalue weighted by molar-refractivity contribution is 0.203. The van der Waals surface area contributed by atoms with Crippen LogP contribution in [0.5, 0.6) is 0 Å². The minimum Gasteiger partial charge on any atom is -0.312 e. The minimum atomic E-state index is 0.460.